The molecule has 47 valence electrons. The maximum Gasteiger partial charge on any atom is 0.224 e. The van der Waals surface area contributed by atoms with Crippen LogP contribution in [0.1, 0.15) is 26.2 Å². The minimum Gasteiger partial charge on any atom is -0.361 e. The summed E-state index contributed by atoms with van der Waals surface area (Å²) in [6.45, 7) is 1.87. The minimum absolute atomic E-state index is 0.250. The number of aliphatic hydroxyl groups excluding tert-OH is 1. The Morgan fingerprint density at radius 2 is 1.88 bits per heavy atom. The highest BCUT2D eigenvalue weighted by Crippen LogP contribution is 2.45. The van der Waals surface area contributed by atoms with E-state index in [9.17, 15) is 0 Å². The Morgan fingerprint density at radius 1 is 1.38 bits per heavy atom. The van der Waals surface area contributed by atoms with Gasteiger partial charge in [-0.05, 0) is 12.8 Å². The average Bonchev–Trinajstić information content (AvgIpc) is 1.60. The molecule has 2 N–H and O–H groups in total. The van der Waals surface area contributed by atoms with Crippen LogP contribution in [-0.4, -0.2) is 10.2 Å². The van der Waals surface area contributed by atoms with Gasteiger partial charge in [0.15, 0.2) is 0 Å². The molecule has 0 unspecified atom stereocenters. The average molecular weight is 115 g/mol. The van der Waals surface area contributed by atoms with Crippen molar-refractivity contribution in [1.29, 1.82) is 0 Å². The van der Waals surface area contributed by atoms with E-state index < -0.39 is 0 Å². The van der Waals surface area contributed by atoms with Crippen molar-refractivity contribution in [2.75, 3.05) is 0 Å². The molecule has 1 radical (unpaired) electrons. The Bertz CT molecular complexity index is 84.5. The molecular formula is C6H11O2. The maximum atomic E-state index is 8.60. The molecular weight excluding hydrogens is 104 g/mol. The van der Waals surface area contributed by atoms with Gasteiger partial charge in [-0.3, -0.25) is 0 Å². The van der Waals surface area contributed by atoms with E-state index in [0.29, 0.717) is 0 Å². The van der Waals surface area contributed by atoms with Crippen LogP contribution in [0.3, 0.4) is 0 Å². The zero-order valence-corrected chi connectivity index (χ0v) is 5.02. The van der Waals surface area contributed by atoms with Crippen molar-refractivity contribution in [2.45, 2.75) is 26.2 Å². The van der Waals surface area contributed by atoms with E-state index in [0.717, 1.165) is 19.3 Å². The first-order valence-corrected chi connectivity index (χ1v) is 2.90. The zero-order chi connectivity index (χ0) is 6.20. The van der Waals surface area contributed by atoms with E-state index in [-0.39, 0.29) is 11.7 Å². The molecule has 2 heteroatoms. The first-order valence-electron chi connectivity index (χ1n) is 2.90. The van der Waals surface area contributed by atoms with E-state index in [1.54, 1.807) is 0 Å². The van der Waals surface area contributed by atoms with Crippen molar-refractivity contribution < 1.29 is 10.2 Å². The molecule has 1 saturated carbocycles. The molecule has 0 heterocycles. The van der Waals surface area contributed by atoms with Gasteiger partial charge in [0.1, 0.15) is 0 Å². The molecule has 0 aromatic heterocycles. The SMILES string of the molecule is CC1([C](O)O)CCC1. The predicted molar refractivity (Wildman–Crippen MR) is 29.1 cm³/mol. The summed E-state index contributed by atoms with van der Waals surface area (Å²) in [5.74, 6) is 0. The van der Waals surface area contributed by atoms with Crippen LogP contribution in [0.2, 0.25) is 0 Å². The van der Waals surface area contributed by atoms with Crippen molar-refractivity contribution in [2.24, 2.45) is 5.41 Å². The van der Waals surface area contributed by atoms with Crippen molar-refractivity contribution in [3.05, 3.63) is 6.29 Å². The lowest BCUT2D eigenvalue weighted by Gasteiger charge is -2.38. The molecule has 0 amide bonds. The molecule has 1 aliphatic rings. The lowest BCUT2D eigenvalue weighted by molar-refractivity contribution is -0.0552. The van der Waals surface area contributed by atoms with Crippen LogP contribution >= 0.6 is 0 Å². The molecule has 0 spiro atoms. The van der Waals surface area contributed by atoms with E-state index in [1.807, 2.05) is 6.92 Å². The third kappa shape index (κ3) is 0.740. The number of hydrogen-bond acceptors (Lipinski definition) is 2. The van der Waals surface area contributed by atoms with Gasteiger partial charge in [-0.25, -0.2) is 0 Å². The summed E-state index contributed by atoms with van der Waals surface area (Å²) >= 11 is 0. The van der Waals surface area contributed by atoms with Crippen molar-refractivity contribution in [3.63, 3.8) is 0 Å². The third-order valence-corrected chi connectivity index (χ3v) is 2.00. The maximum absolute atomic E-state index is 8.60. The predicted octanol–water partition coefficient (Wildman–Crippen LogP) is 1.41. The second kappa shape index (κ2) is 1.71. The normalized spacial score (nSPS) is 25.5. The summed E-state index contributed by atoms with van der Waals surface area (Å²) in [5.41, 5.74) is -0.250. The molecule has 0 atom stereocenters. The van der Waals surface area contributed by atoms with Gasteiger partial charge in [0, 0.05) is 5.41 Å². The van der Waals surface area contributed by atoms with E-state index in [2.05, 4.69) is 0 Å². The van der Waals surface area contributed by atoms with E-state index >= 15 is 0 Å². The van der Waals surface area contributed by atoms with Gasteiger partial charge in [-0.2, -0.15) is 0 Å². The van der Waals surface area contributed by atoms with Gasteiger partial charge in [-0.15, -0.1) is 0 Å². The largest absolute Gasteiger partial charge is 0.361 e. The molecule has 0 aromatic rings. The summed E-state index contributed by atoms with van der Waals surface area (Å²) in [5, 5.41) is 17.2. The van der Waals surface area contributed by atoms with Crippen molar-refractivity contribution in [3.8, 4) is 0 Å². The highest BCUT2D eigenvalue weighted by Gasteiger charge is 2.39. The molecule has 8 heavy (non-hydrogen) atoms. The number of hydrogen-bond donors (Lipinski definition) is 2. The van der Waals surface area contributed by atoms with Gasteiger partial charge in [0.25, 0.3) is 0 Å². The Morgan fingerprint density at radius 3 is 1.88 bits per heavy atom. The van der Waals surface area contributed by atoms with Gasteiger partial charge >= 0.3 is 0 Å². The molecule has 0 aromatic carbocycles. The van der Waals surface area contributed by atoms with Crippen LogP contribution in [0, 0.1) is 11.7 Å². The molecule has 0 aliphatic heterocycles. The van der Waals surface area contributed by atoms with Crippen LogP contribution in [0.5, 0.6) is 0 Å². The Kier molecular flexibility index (Phi) is 1.29. The van der Waals surface area contributed by atoms with Crippen molar-refractivity contribution >= 4 is 0 Å². The molecule has 0 bridgehead atoms. The first kappa shape index (κ1) is 6.05. The highest BCUT2D eigenvalue weighted by atomic mass is 16.5. The Labute approximate surface area is 49.1 Å². The van der Waals surface area contributed by atoms with Gasteiger partial charge in [0.2, 0.25) is 6.29 Å². The summed E-state index contributed by atoms with van der Waals surface area (Å²) in [4.78, 5) is 0. The topological polar surface area (TPSA) is 40.5 Å². The minimum atomic E-state index is -0.385. The number of rotatable bonds is 1. The summed E-state index contributed by atoms with van der Waals surface area (Å²) in [7, 11) is 0. The standard InChI is InChI=1S/C6H11O2/c1-6(5(7)8)3-2-4-6/h7-8H,2-4H2,1H3. The van der Waals surface area contributed by atoms with Crippen molar-refractivity contribution in [1.82, 2.24) is 0 Å². The quantitative estimate of drug-likeness (QED) is 0.542. The van der Waals surface area contributed by atoms with Gasteiger partial charge < -0.3 is 10.2 Å². The van der Waals surface area contributed by atoms with Crippen LogP contribution in [-0.2, 0) is 0 Å². The van der Waals surface area contributed by atoms with Crippen LogP contribution in [0.15, 0.2) is 0 Å². The first-order chi connectivity index (χ1) is 3.65. The summed E-state index contributed by atoms with van der Waals surface area (Å²) in [6.07, 6.45) is 2.59. The van der Waals surface area contributed by atoms with Gasteiger partial charge in [-0.1, -0.05) is 13.3 Å². The highest BCUT2D eigenvalue weighted by molar-refractivity contribution is 4.93. The fourth-order valence-corrected chi connectivity index (χ4v) is 0.931. The zero-order valence-electron chi connectivity index (χ0n) is 5.02. The monoisotopic (exact) mass is 115 g/mol. The summed E-state index contributed by atoms with van der Waals surface area (Å²) in [6, 6.07) is 0. The fraction of sp³-hybridized carbons (Fsp3) is 0.833. The molecule has 1 rings (SSSR count). The molecule has 0 saturated heterocycles. The Balaban J connectivity index is 2.41. The second-order valence-corrected chi connectivity index (χ2v) is 2.74. The molecule has 2 nitrogen and oxygen atoms in total. The lowest BCUT2D eigenvalue weighted by Crippen LogP contribution is -2.32. The fourth-order valence-electron chi connectivity index (χ4n) is 0.931. The van der Waals surface area contributed by atoms with E-state index in [4.69, 9.17) is 10.2 Å². The van der Waals surface area contributed by atoms with Crippen LogP contribution in [0.4, 0.5) is 0 Å². The molecule has 1 fully saturated rings. The smallest absolute Gasteiger partial charge is 0.224 e. The molecule has 1 aliphatic carbocycles. The lowest BCUT2D eigenvalue weighted by atomic mass is 9.70. The second-order valence-electron chi connectivity index (χ2n) is 2.74. The van der Waals surface area contributed by atoms with Gasteiger partial charge in [0.05, 0.1) is 0 Å². The Hall–Kier alpha value is -0.0800. The van der Waals surface area contributed by atoms with Crippen LogP contribution < -0.4 is 0 Å². The van der Waals surface area contributed by atoms with E-state index in [1.165, 1.54) is 0 Å². The van der Waals surface area contributed by atoms with Crippen LogP contribution in [0.25, 0.3) is 0 Å². The number of aliphatic hydroxyl groups is 2. The third-order valence-electron chi connectivity index (χ3n) is 2.00. The summed E-state index contributed by atoms with van der Waals surface area (Å²) < 4.78 is 0.